The first kappa shape index (κ1) is 16.6. The third-order valence-corrected chi connectivity index (χ3v) is 3.56. The van der Waals surface area contributed by atoms with E-state index in [-0.39, 0.29) is 40.2 Å². The topological polar surface area (TPSA) is 111 Å². The summed E-state index contributed by atoms with van der Waals surface area (Å²) in [6.45, 7) is 3.36. The van der Waals surface area contributed by atoms with Crippen molar-refractivity contribution in [3.63, 3.8) is 0 Å². The molecule has 2 rings (SSSR count). The van der Waals surface area contributed by atoms with Crippen molar-refractivity contribution >= 4 is 33.8 Å². The van der Waals surface area contributed by atoms with Crippen LogP contribution in [-0.4, -0.2) is 28.2 Å². The summed E-state index contributed by atoms with van der Waals surface area (Å²) in [6, 6.07) is 3.94. The number of nitro groups is 1. The van der Waals surface area contributed by atoms with E-state index in [4.69, 9.17) is 4.74 Å². The number of hydrogen-bond acceptors (Lipinski definition) is 7. The maximum Gasteiger partial charge on any atom is 0.311 e. The van der Waals surface area contributed by atoms with E-state index in [1.165, 1.54) is 24.4 Å². The second-order valence-electron chi connectivity index (χ2n) is 4.42. The van der Waals surface area contributed by atoms with Gasteiger partial charge in [-0.15, -0.1) is 11.3 Å². The van der Waals surface area contributed by atoms with Crippen LogP contribution in [0.3, 0.4) is 0 Å². The lowest BCUT2D eigenvalue weighted by Gasteiger charge is -2.06. The van der Waals surface area contributed by atoms with Gasteiger partial charge in [-0.05, 0) is 19.1 Å². The Morgan fingerprint density at radius 2 is 2.17 bits per heavy atom. The lowest BCUT2D eigenvalue weighted by molar-refractivity contribution is -0.385. The quantitative estimate of drug-likeness (QED) is 0.493. The van der Waals surface area contributed by atoms with Crippen LogP contribution in [0.15, 0.2) is 23.6 Å². The van der Waals surface area contributed by atoms with Crippen molar-refractivity contribution in [3.05, 3.63) is 45.0 Å². The summed E-state index contributed by atoms with van der Waals surface area (Å²) < 4.78 is 5.16. The second kappa shape index (κ2) is 6.97. The van der Waals surface area contributed by atoms with Gasteiger partial charge in [0.2, 0.25) is 0 Å². The van der Waals surface area contributed by atoms with E-state index in [0.29, 0.717) is 0 Å². The number of ketones is 1. The molecule has 1 amide bonds. The minimum Gasteiger partial charge on any atom is -0.487 e. The van der Waals surface area contributed by atoms with E-state index in [1.807, 2.05) is 0 Å². The Balaban J connectivity index is 2.23. The van der Waals surface area contributed by atoms with Crippen molar-refractivity contribution in [2.75, 3.05) is 11.9 Å². The summed E-state index contributed by atoms with van der Waals surface area (Å²) in [5.41, 5.74) is 0.0609. The number of hydrogen-bond donors (Lipinski definition) is 1. The number of ether oxygens (including phenoxy) is 1. The van der Waals surface area contributed by atoms with Gasteiger partial charge in [-0.25, -0.2) is 4.98 Å². The first-order valence-electron chi connectivity index (χ1n) is 6.61. The summed E-state index contributed by atoms with van der Waals surface area (Å²) >= 11 is 1.10. The third-order valence-electron chi connectivity index (χ3n) is 2.80. The predicted octanol–water partition coefficient (Wildman–Crippen LogP) is 2.90. The third kappa shape index (κ3) is 3.89. The fourth-order valence-electron chi connectivity index (χ4n) is 1.74. The summed E-state index contributed by atoms with van der Waals surface area (Å²) in [4.78, 5) is 37.7. The molecule has 0 bridgehead atoms. The highest BCUT2D eigenvalue weighted by Gasteiger charge is 2.19. The molecule has 8 nitrogen and oxygen atoms in total. The molecule has 0 saturated heterocycles. The van der Waals surface area contributed by atoms with E-state index < -0.39 is 10.8 Å². The highest BCUT2D eigenvalue weighted by atomic mass is 32.1. The molecular weight excluding hydrogens is 322 g/mol. The van der Waals surface area contributed by atoms with Crippen LogP contribution in [0.2, 0.25) is 0 Å². The zero-order valence-electron chi connectivity index (χ0n) is 12.4. The molecule has 1 N–H and O–H groups in total. The van der Waals surface area contributed by atoms with Crippen LogP contribution in [0.4, 0.5) is 10.8 Å². The molecule has 2 aromatic rings. The standard InChI is InChI=1S/C14H13N3O5S/c1-3-22-12-5-4-9(6-11(12)17(20)21)13(19)16-14-15-10(7-23-14)8(2)18/h4-7H,3H2,1-2H3,(H,15,16,19). The minimum absolute atomic E-state index is 0.0970. The van der Waals surface area contributed by atoms with Crippen LogP contribution >= 0.6 is 11.3 Å². The Bertz CT molecular complexity index is 772. The average Bonchev–Trinajstić information content (AvgIpc) is 2.96. The number of amides is 1. The normalized spacial score (nSPS) is 10.2. The molecule has 9 heteroatoms. The first-order valence-corrected chi connectivity index (χ1v) is 7.49. The molecule has 0 fully saturated rings. The molecule has 0 aliphatic heterocycles. The van der Waals surface area contributed by atoms with Gasteiger partial charge in [0.15, 0.2) is 16.7 Å². The van der Waals surface area contributed by atoms with E-state index >= 15 is 0 Å². The molecule has 0 atom stereocenters. The molecule has 0 spiro atoms. The second-order valence-corrected chi connectivity index (χ2v) is 5.28. The molecule has 1 aromatic heterocycles. The van der Waals surface area contributed by atoms with Gasteiger partial charge in [0.1, 0.15) is 5.69 Å². The van der Waals surface area contributed by atoms with Crippen LogP contribution in [0.5, 0.6) is 5.75 Å². The van der Waals surface area contributed by atoms with Crippen molar-refractivity contribution in [1.82, 2.24) is 4.98 Å². The Hall–Kier alpha value is -2.81. The van der Waals surface area contributed by atoms with E-state index in [1.54, 1.807) is 6.92 Å². The highest BCUT2D eigenvalue weighted by molar-refractivity contribution is 7.14. The van der Waals surface area contributed by atoms with E-state index in [0.717, 1.165) is 17.4 Å². The van der Waals surface area contributed by atoms with Crippen molar-refractivity contribution in [1.29, 1.82) is 0 Å². The molecular formula is C14H13N3O5S. The number of nitrogens with zero attached hydrogens (tertiary/aromatic N) is 2. The smallest absolute Gasteiger partial charge is 0.311 e. The van der Waals surface area contributed by atoms with Gasteiger partial charge in [0.05, 0.1) is 11.5 Å². The number of Topliss-reactive ketones (excluding diaryl/α,β-unsaturated/α-hetero) is 1. The summed E-state index contributed by atoms with van der Waals surface area (Å²) in [7, 11) is 0. The van der Waals surface area contributed by atoms with Crippen molar-refractivity contribution in [3.8, 4) is 5.75 Å². The van der Waals surface area contributed by atoms with Crippen LogP contribution in [0.1, 0.15) is 34.7 Å². The maximum atomic E-state index is 12.1. The Labute approximate surface area is 135 Å². The molecule has 0 radical (unpaired) electrons. The number of nitrogens with one attached hydrogen (secondary N) is 1. The highest BCUT2D eigenvalue weighted by Crippen LogP contribution is 2.28. The van der Waals surface area contributed by atoms with Crippen LogP contribution in [-0.2, 0) is 0 Å². The monoisotopic (exact) mass is 335 g/mol. The fraction of sp³-hybridized carbons (Fsp3) is 0.214. The zero-order chi connectivity index (χ0) is 17.0. The minimum atomic E-state index is -0.612. The van der Waals surface area contributed by atoms with Crippen LogP contribution < -0.4 is 10.1 Å². The zero-order valence-corrected chi connectivity index (χ0v) is 13.2. The van der Waals surface area contributed by atoms with Gasteiger partial charge in [0.25, 0.3) is 5.91 Å². The molecule has 0 aliphatic carbocycles. The molecule has 120 valence electrons. The Kier molecular flexibility index (Phi) is 5.02. The number of nitro benzene ring substituents is 1. The lowest BCUT2D eigenvalue weighted by Crippen LogP contribution is -2.12. The number of aromatic nitrogens is 1. The molecule has 1 aromatic carbocycles. The molecule has 0 aliphatic rings. The number of carbonyl (C=O) groups excluding carboxylic acids is 2. The van der Waals surface area contributed by atoms with Gasteiger partial charge in [0, 0.05) is 23.9 Å². The number of benzene rings is 1. The Morgan fingerprint density at radius 1 is 1.43 bits per heavy atom. The van der Waals surface area contributed by atoms with Gasteiger partial charge in [-0.3, -0.25) is 25.0 Å². The number of carbonyl (C=O) groups is 2. The lowest BCUT2D eigenvalue weighted by atomic mass is 10.1. The van der Waals surface area contributed by atoms with E-state index in [9.17, 15) is 19.7 Å². The number of thiazole rings is 1. The van der Waals surface area contributed by atoms with Gasteiger partial charge < -0.3 is 4.74 Å². The maximum absolute atomic E-state index is 12.1. The van der Waals surface area contributed by atoms with Crippen molar-refractivity contribution in [2.45, 2.75) is 13.8 Å². The average molecular weight is 335 g/mol. The van der Waals surface area contributed by atoms with Gasteiger partial charge in [-0.2, -0.15) is 0 Å². The largest absolute Gasteiger partial charge is 0.487 e. The van der Waals surface area contributed by atoms with Gasteiger partial charge >= 0.3 is 5.69 Å². The summed E-state index contributed by atoms with van der Waals surface area (Å²) in [5.74, 6) is -0.666. The predicted molar refractivity (Wildman–Crippen MR) is 84.3 cm³/mol. The Morgan fingerprint density at radius 3 is 2.74 bits per heavy atom. The summed E-state index contributed by atoms with van der Waals surface area (Å²) in [5, 5.41) is 15.3. The number of rotatable bonds is 6. The van der Waals surface area contributed by atoms with Gasteiger partial charge in [-0.1, -0.05) is 0 Å². The van der Waals surface area contributed by atoms with Crippen LogP contribution in [0, 0.1) is 10.1 Å². The van der Waals surface area contributed by atoms with Crippen molar-refractivity contribution in [2.24, 2.45) is 0 Å². The van der Waals surface area contributed by atoms with Crippen molar-refractivity contribution < 1.29 is 19.2 Å². The number of anilines is 1. The van der Waals surface area contributed by atoms with E-state index in [2.05, 4.69) is 10.3 Å². The fourth-order valence-corrected chi connectivity index (χ4v) is 2.49. The molecule has 23 heavy (non-hydrogen) atoms. The van der Waals surface area contributed by atoms with Crippen LogP contribution in [0.25, 0.3) is 0 Å². The molecule has 0 unspecified atom stereocenters. The molecule has 1 heterocycles. The summed E-state index contributed by atoms with van der Waals surface area (Å²) in [6.07, 6.45) is 0. The first-order chi connectivity index (χ1) is 10.9. The SMILES string of the molecule is CCOc1ccc(C(=O)Nc2nc(C(C)=O)cs2)cc1[N+](=O)[O-]. The molecule has 0 saturated carbocycles.